The molecule has 1 saturated carbocycles. The van der Waals surface area contributed by atoms with Gasteiger partial charge in [-0.05, 0) is 42.4 Å². The molecule has 0 spiro atoms. The van der Waals surface area contributed by atoms with Crippen molar-refractivity contribution in [3.05, 3.63) is 35.4 Å². The van der Waals surface area contributed by atoms with Gasteiger partial charge in [0.15, 0.2) is 0 Å². The van der Waals surface area contributed by atoms with E-state index in [0.717, 1.165) is 19.3 Å². The van der Waals surface area contributed by atoms with Gasteiger partial charge < -0.3 is 4.74 Å². The molecular weight excluding hydrogens is 250 g/mol. The molecule has 1 aliphatic carbocycles. The third kappa shape index (κ3) is 3.60. The van der Waals surface area contributed by atoms with Crippen molar-refractivity contribution in [2.24, 2.45) is 5.41 Å². The van der Waals surface area contributed by atoms with Crippen molar-refractivity contribution >= 4 is 5.97 Å². The summed E-state index contributed by atoms with van der Waals surface area (Å²) in [7, 11) is 1.46. The lowest BCUT2D eigenvalue weighted by Gasteiger charge is -2.36. The maximum atomic E-state index is 11.7. The normalized spacial score (nSPS) is 17.2. The number of esters is 1. The minimum atomic E-state index is -0.111. The molecule has 0 aliphatic heterocycles. The zero-order chi connectivity index (χ0) is 14.4. The van der Waals surface area contributed by atoms with E-state index in [4.69, 9.17) is 10.00 Å². The molecular formula is C17H21NO2. The highest BCUT2D eigenvalue weighted by Gasteiger charge is 2.34. The number of nitrogens with zero attached hydrogens (tertiary/aromatic N) is 1. The number of nitriles is 1. The predicted molar refractivity (Wildman–Crippen MR) is 77.0 cm³/mol. The minimum Gasteiger partial charge on any atom is -0.469 e. The minimum absolute atomic E-state index is 0.0412. The van der Waals surface area contributed by atoms with Gasteiger partial charge in [0.05, 0.1) is 25.2 Å². The van der Waals surface area contributed by atoms with E-state index < -0.39 is 0 Å². The van der Waals surface area contributed by atoms with Crippen molar-refractivity contribution < 1.29 is 9.53 Å². The molecule has 0 radical (unpaired) electrons. The molecule has 3 heteroatoms. The number of carbonyl (C=O) groups is 1. The van der Waals surface area contributed by atoms with E-state index in [-0.39, 0.29) is 11.4 Å². The molecule has 0 saturated heterocycles. The Morgan fingerprint density at radius 1 is 1.25 bits per heavy atom. The van der Waals surface area contributed by atoms with Crippen LogP contribution in [0.5, 0.6) is 0 Å². The third-order valence-corrected chi connectivity index (χ3v) is 4.32. The number of benzene rings is 1. The average molecular weight is 271 g/mol. The number of carbonyl (C=O) groups excluding carboxylic acids is 1. The number of rotatable bonds is 4. The molecule has 0 N–H and O–H groups in total. The highest BCUT2D eigenvalue weighted by Crippen LogP contribution is 2.42. The molecule has 1 aliphatic rings. The van der Waals surface area contributed by atoms with Crippen LogP contribution in [-0.4, -0.2) is 13.1 Å². The van der Waals surface area contributed by atoms with Crippen LogP contribution in [-0.2, 0) is 16.0 Å². The summed E-state index contributed by atoms with van der Waals surface area (Å²) in [6.45, 7) is 0. The van der Waals surface area contributed by atoms with Crippen LogP contribution in [0.15, 0.2) is 24.3 Å². The summed E-state index contributed by atoms with van der Waals surface area (Å²) in [6, 6.07) is 9.85. The first kappa shape index (κ1) is 14.6. The second-order valence-corrected chi connectivity index (χ2v) is 5.80. The van der Waals surface area contributed by atoms with Crippen LogP contribution in [0.2, 0.25) is 0 Å². The summed E-state index contributed by atoms with van der Waals surface area (Å²) in [5.41, 5.74) is 1.92. The Kier molecular flexibility index (Phi) is 4.79. The second kappa shape index (κ2) is 6.56. The molecule has 106 valence electrons. The Hall–Kier alpha value is -1.82. The van der Waals surface area contributed by atoms with E-state index >= 15 is 0 Å². The van der Waals surface area contributed by atoms with Gasteiger partial charge in [0.25, 0.3) is 0 Å². The quantitative estimate of drug-likeness (QED) is 0.786. The molecule has 1 fully saturated rings. The Labute approximate surface area is 120 Å². The Morgan fingerprint density at radius 3 is 2.45 bits per heavy atom. The van der Waals surface area contributed by atoms with E-state index in [9.17, 15) is 4.79 Å². The van der Waals surface area contributed by atoms with Gasteiger partial charge in [-0.2, -0.15) is 5.26 Å². The van der Waals surface area contributed by atoms with Crippen molar-refractivity contribution in [3.63, 3.8) is 0 Å². The lowest BCUT2D eigenvalue weighted by atomic mass is 9.68. The summed E-state index contributed by atoms with van der Waals surface area (Å²) < 4.78 is 4.87. The standard InChI is InChI=1S/C17H21NO2/c1-20-16(19)12-17(9-3-2-4-10-17)11-14-5-7-15(13-18)8-6-14/h5-8H,2-4,9-12H2,1H3. The van der Waals surface area contributed by atoms with Crippen LogP contribution < -0.4 is 0 Å². The maximum absolute atomic E-state index is 11.7. The van der Waals surface area contributed by atoms with Gasteiger partial charge in [0, 0.05) is 0 Å². The van der Waals surface area contributed by atoms with Gasteiger partial charge in [0.1, 0.15) is 0 Å². The molecule has 0 amide bonds. The number of hydrogen-bond acceptors (Lipinski definition) is 3. The fourth-order valence-corrected chi connectivity index (χ4v) is 3.23. The Balaban J connectivity index is 2.14. The summed E-state index contributed by atoms with van der Waals surface area (Å²) >= 11 is 0. The third-order valence-electron chi connectivity index (χ3n) is 4.32. The maximum Gasteiger partial charge on any atom is 0.306 e. The Morgan fingerprint density at radius 2 is 1.90 bits per heavy atom. The van der Waals surface area contributed by atoms with E-state index in [1.54, 1.807) is 0 Å². The SMILES string of the molecule is COC(=O)CC1(Cc2ccc(C#N)cc2)CCCCC1. The van der Waals surface area contributed by atoms with Crippen molar-refractivity contribution in [1.82, 2.24) is 0 Å². The summed E-state index contributed by atoms with van der Waals surface area (Å²) in [4.78, 5) is 11.7. The highest BCUT2D eigenvalue weighted by atomic mass is 16.5. The topological polar surface area (TPSA) is 50.1 Å². The van der Waals surface area contributed by atoms with Crippen LogP contribution >= 0.6 is 0 Å². The van der Waals surface area contributed by atoms with Gasteiger partial charge >= 0.3 is 5.97 Å². The van der Waals surface area contributed by atoms with E-state index in [0.29, 0.717) is 12.0 Å². The van der Waals surface area contributed by atoms with E-state index in [1.807, 2.05) is 24.3 Å². The first-order chi connectivity index (χ1) is 9.67. The largest absolute Gasteiger partial charge is 0.469 e. The second-order valence-electron chi connectivity index (χ2n) is 5.80. The van der Waals surface area contributed by atoms with Gasteiger partial charge in [0.2, 0.25) is 0 Å². The lowest BCUT2D eigenvalue weighted by Crippen LogP contribution is -2.30. The summed E-state index contributed by atoms with van der Waals surface area (Å²) in [5.74, 6) is -0.111. The van der Waals surface area contributed by atoms with Crippen molar-refractivity contribution in [1.29, 1.82) is 5.26 Å². The van der Waals surface area contributed by atoms with Crippen molar-refractivity contribution in [2.45, 2.75) is 44.9 Å². The van der Waals surface area contributed by atoms with Gasteiger partial charge in [-0.25, -0.2) is 0 Å². The first-order valence-electron chi connectivity index (χ1n) is 7.23. The first-order valence-corrected chi connectivity index (χ1v) is 7.23. The molecule has 0 heterocycles. The van der Waals surface area contributed by atoms with E-state index in [2.05, 4.69) is 6.07 Å². The van der Waals surface area contributed by atoms with Crippen molar-refractivity contribution in [2.75, 3.05) is 7.11 Å². The van der Waals surface area contributed by atoms with Crippen LogP contribution in [0.1, 0.15) is 49.7 Å². The average Bonchev–Trinajstić information content (AvgIpc) is 2.48. The van der Waals surface area contributed by atoms with Crippen LogP contribution in [0, 0.1) is 16.7 Å². The van der Waals surface area contributed by atoms with Crippen LogP contribution in [0.25, 0.3) is 0 Å². The Bertz CT molecular complexity index is 493. The summed E-state index contributed by atoms with van der Waals surface area (Å²) in [6.07, 6.45) is 7.21. The van der Waals surface area contributed by atoms with E-state index in [1.165, 1.54) is 31.9 Å². The predicted octanol–water partition coefficient (Wildman–Crippen LogP) is 3.61. The molecule has 0 aromatic heterocycles. The molecule has 0 bridgehead atoms. The zero-order valence-electron chi connectivity index (χ0n) is 12.0. The molecule has 1 aromatic rings. The van der Waals surface area contributed by atoms with Crippen LogP contribution in [0.4, 0.5) is 0 Å². The fraction of sp³-hybridized carbons (Fsp3) is 0.529. The monoisotopic (exact) mass is 271 g/mol. The van der Waals surface area contributed by atoms with Gasteiger partial charge in [-0.1, -0.05) is 31.4 Å². The highest BCUT2D eigenvalue weighted by molar-refractivity contribution is 5.70. The molecule has 20 heavy (non-hydrogen) atoms. The lowest BCUT2D eigenvalue weighted by molar-refractivity contribution is -0.144. The fourth-order valence-electron chi connectivity index (χ4n) is 3.23. The van der Waals surface area contributed by atoms with Gasteiger partial charge in [-0.15, -0.1) is 0 Å². The molecule has 3 nitrogen and oxygen atoms in total. The number of methoxy groups -OCH3 is 1. The zero-order valence-corrected chi connectivity index (χ0v) is 12.0. The van der Waals surface area contributed by atoms with Gasteiger partial charge in [-0.3, -0.25) is 4.79 Å². The van der Waals surface area contributed by atoms with Crippen LogP contribution in [0.3, 0.4) is 0 Å². The summed E-state index contributed by atoms with van der Waals surface area (Å²) in [5, 5.41) is 8.84. The number of hydrogen-bond donors (Lipinski definition) is 0. The molecule has 0 unspecified atom stereocenters. The number of ether oxygens (including phenoxy) is 1. The molecule has 0 atom stereocenters. The molecule has 1 aromatic carbocycles. The van der Waals surface area contributed by atoms with Crippen molar-refractivity contribution in [3.8, 4) is 6.07 Å². The smallest absolute Gasteiger partial charge is 0.306 e. The molecule has 2 rings (SSSR count).